The molecule has 0 radical (unpaired) electrons. The van der Waals surface area contributed by atoms with E-state index in [2.05, 4.69) is 0 Å². The second-order valence-corrected chi connectivity index (χ2v) is 12.0. The summed E-state index contributed by atoms with van der Waals surface area (Å²) in [6.07, 6.45) is -2.99. The molecule has 0 aliphatic carbocycles. The summed E-state index contributed by atoms with van der Waals surface area (Å²) in [5.74, 6) is 0.481. The summed E-state index contributed by atoms with van der Waals surface area (Å²) >= 11 is 0.926. The Labute approximate surface area is 208 Å². The summed E-state index contributed by atoms with van der Waals surface area (Å²) in [7, 11) is 0. The molecule has 188 valence electrons. The van der Waals surface area contributed by atoms with E-state index >= 15 is 0 Å². The molecule has 4 rings (SSSR count). The van der Waals surface area contributed by atoms with E-state index in [1.54, 1.807) is 12.1 Å². The van der Waals surface area contributed by atoms with Crippen LogP contribution >= 0.6 is 18.2 Å². The Hall–Kier alpha value is -3.23. The number of alkyl halides is 3. The van der Waals surface area contributed by atoms with Crippen LogP contribution in [-0.4, -0.2) is 10.7 Å². The number of benzene rings is 4. The fourth-order valence-corrected chi connectivity index (χ4v) is 7.01. The lowest BCUT2D eigenvalue weighted by molar-refractivity contribution is -0.383. The quantitative estimate of drug-likeness (QED) is 0.0700. The smallest absolute Gasteiger partial charge is 0.408 e. The molecule has 0 amide bonds. The number of non-ortho nitro benzene ring substituents is 1. The normalized spacial score (nSPS) is 13.4. The highest BCUT2D eigenvalue weighted by Crippen LogP contribution is 2.61. The van der Waals surface area contributed by atoms with Gasteiger partial charge in [0.2, 0.25) is 0 Å². The monoisotopic (exact) mass is 535 g/mol. The largest absolute Gasteiger partial charge is 0.492 e. The third kappa shape index (κ3) is 5.77. The molecule has 11 heteroatoms. The van der Waals surface area contributed by atoms with Crippen LogP contribution in [0.15, 0.2) is 72.8 Å². The van der Waals surface area contributed by atoms with Crippen LogP contribution < -0.4 is 9.05 Å². The fraction of sp³-hybridized carbons (Fsp3) is 0.200. The number of rotatable bonds is 9. The minimum Gasteiger partial charge on any atom is -0.408 e. The highest BCUT2D eigenvalue weighted by molar-refractivity contribution is 8.55. The Morgan fingerprint density at radius 1 is 0.944 bits per heavy atom. The Bertz CT molecular complexity index is 1460. The molecule has 0 N–H and O–H groups in total. The third-order valence-corrected chi connectivity index (χ3v) is 8.96. The zero-order valence-corrected chi connectivity index (χ0v) is 20.7. The zero-order valence-electron chi connectivity index (χ0n) is 19.0. The van der Waals surface area contributed by atoms with Crippen molar-refractivity contribution in [3.63, 3.8) is 0 Å². The third-order valence-electron chi connectivity index (χ3n) is 5.37. The lowest BCUT2D eigenvalue weighted by Crippen LogP contribution is -2.04. The van der Waals surface area contributed by atoms with E-state index in [0.717, 1.165) is 52.8 Å². The van der Waals surface area contributed by atoms with Gasteiger partial charge in [-0.25, -0.2) is 4.57 Å². The number of halogens is 3. The van der Waals surface area contributed by atoms with Crippen LogP contribution in [0.4, 0.5) is 18.9 Å². The standard InChI is InChI=1S/C25H21F3NO5PS/c1-2-3-14-36-35(32,33-20-10-8-19(9-11-20)25(26,27)28)34-24-13-12-23(29(30)31)21-15-17-6-4-5-7-18(17)16-22(21)24/h4-13,15-16H,2-3,14H2,1H3. The Kier molecular flexibility index (Phi) is 7.47. The average molecular weight is 535 g/mol. The number of nitro groups is 1. The molecular formula is C25H21F3NO5PS. The maximum Gasteiger partial charge on any atom is 0.492 e. The molecule has 0 spiro atoms. The Balaban J connectivity index is 1.76. The van der Waals surface area contributed by atoms with Gasteiger partial charge in [-0.05, 0) is 71.0 Å². The number of hydrogen-bond donors (Lipinski definition) is 0. The molecule has 0 aromatic heterocycles. The van der Waals surface area contributed by atoms with E-state index in [-0.39, 0.29) is 17.2 Å². The molecule has 1 atom stereocenters. The molecule has 0 saturated heterocycles. The topological polar surface area (TPSA) is 78.7 Å². The van der Waals surface area contributed by atoms with Crippen molar-refractivity contribution in [1.82, 2.24) is 0 Å². The first-order valence-corrected chi connectivity index (χ1v) is 14.1. The number of hydrogen-bond acceptors (Lipinski definition) is 6. The van der Waals surface area contributed by atoms with Crippen molar-refractivity contribution in [1.29, 1.82) is 0 Å². The van der Waals surface area contributed by atoms with Gasteiger partial charge >= 0.3 is 13.0 Å². The van der Waals surface area contributed by atoms with Crippen LogP contribution in [0.25, 0.3) is 21.5 Å². The molecule has 0 fully saturated rings. The predicted molar refractivity (Wildman–Crippen MR) is 136 cm³/mol. The van der Waals surface area contributed by atoms with Crippen molar-refractivity contribution < 1.29 is 31.7 Å². The van der Waals surface area contributed by atoms with Gasteiger partial charge in [-0.3, -0.25) is 10.1 Å². The molecule has 0 aliphatic rings. The molecule has 4 aromatic rings. The molecule has 0 bridgehead atoms. The van der Waals surface area contributed by atoms with Gasteiger partial charge in [0.15, 0.2) is 0 Å². The second kappa shape index (κ2) is 10.4. The van der Waals surface area contributed by atoms with Gasteiger partial charge < -0.3 is 9.05 Å². The van der Waals surface area contributed by atoms with Gasteiger partial charge in [0.05, 0.1) is 15.9 Å². The highest BCUT2D eigenvalue weighted by Gasteiger charge is 2.33. The van der Waals surface area contributed by atoms with E-state index in [9.17, 15) is 27.9 Å². The van der Waals surface area contributed by atoms with Crippen LogP contribution in [-0.2, 0) is 10.7 Å². The van der Waals surface area contributed by atoms with Gasteiger partial charge in [0, 0.05) is 17.2 Å². The van der Waals surface area contributed by atoms with Gasteiger partial charge in [-0.15, -0.1) is 0 Å². The van der Waals surface area contributed by atoms with Crippen molar-refractivity contribution in [2.24, 2.45) is 0 Å². The molecular weight excluding hydrogens is 514 g/mol. The Morgan fingerprint density at radius 2 is 1.58 bits per heavy atom. The summed E-state index contributed by atoms with van der Waals surface area (Å²) in [5.41, 5.74) is -1.00. The van der Waals surface area contributed by atoms with Gasteiger partial charge in [0.25, 0.3) is 5.69 Å². The first-order valence-electron chi connectivity index (χ1n) is 11.0. The first-order chi connectivity index (χ1) is 17.1. The van der Waals surface area contributed by atoms with Crippen LogP contribution in [0, 0.1) is 10.1 Å². The van der Waals surface area contributed by atoms with Crippen molar-refractivity contribution in [2.75, 3.05) is 5.75 Å². The summed E-state index contributed by atoms with van der Waals surface area (Å²) in [4.78, 5) is 11.2. The van der Waals surface area contributed by atoms with Crippen molar-refractivity contribution in [2.45, 2.75) is 25.9 Å². The molecule has 6 nitrogen and oxygen atoms in total. The van der Waals surface area contributed by atoms with E-state index in [1.807, 2.05) is 31.2 Å². The maximum atomic E-state index is 13.8. The van der Waals surface area contributed by atoms with E-state index in [1.165, 1.54) is 12.1 Å². The molecule has 4 aromatic carbocycles. The first kappa shape index (κ1) is 25.9. The molecule has 1 unspecified atom stereocenters. The van der Waals surface area contributed by atoms with E-state index in [0.29, 0.717) is 22.9 Å². The van der Waals surface area contributed by atoms with Crippen molar-refractivity contribution in [3.05, 3.63) is 88.5 Å². The minimum atomic E-state index is -4.52. The average Bonchev–Trinajstić information content (AvgIpc) is 2.83. The lowest BCUT2D eigenvalue weighted by atomic mass is 10.0. The zero-order chi connectivity index (χ0) is 25.9. The predicted octanol–water partition coefficient (Wildman–Crippen LogP) is 9.02. The lowest BCUT2D eigenvalue weighted by Gasteiger charge is -2.20. The van der Waals surface area contributed by atoms with Crippen molar-refractivity contribution >= 4 is 45.4 Å². The minimum absolute atomic E-state index is 0.0491. The molecule has 0 aliphatic heterocycles. The number of unbranched alkanes of at least 4 members (excludes halogenated alkanes) is 1. The van der Waals surface area contributed by atoms with Gasteiger partial charge in [0.1, 0.15) is 11.5 Å². The SMILES string of the molecule is CCCCSP(=O)(Oc1ccc(C(F)(F)F)cc1)Oc1ccc([N+](=O)[O-])c2cc3ccccc3cc12. The summed E-state index contributed by atoms with van der Waals surface area (Å²) in [5, 5.41) is 13.9. The van der Waals surface area contributed by atoms with Gasteiger partial charge in [-0.2, -0.15) is 13.2 Å². The molecule has 36 heavy (non-hydrogen) atoms. The molecule has 0 saturated carbocycles. The number of nitrogens with zero attached hydrogens (tertiary/aromatic N) is 1. The van der Waals surface area contributed by atoms with Gasteiger partial charge in [-0.1, -0.05) is 37.6 Å². The number of nitro benzene ring substituents is 1. The van der Waals surface area contributed by atoms with Crippen LogP contribution in [0.2, 0.25) is 0 Å². The van der Waals surface area contributed by atoms with Crippen LogP contribution in [0.5, 0.6) is 11.5 Å². The summed E-state index contributed by atoms with van der Waals surface area (Å²) < 4.78 is 64.1. The summed E-state index contributed by atoms with van der Waals surface area (Å²) in [6, 6.07) is 17.2. The van der Waals surface area contributed by atoms with E-state index < -0.39 is 23.5 Å². The molecule has 0 heterocycles. The summed E-state index contributed by atoms with van der Waals surface area (Å²) in [6.45, 7) is -2.03. The van der Waals surface area contributed by atoms with Crippen LogP contribution in [0.3, 0.4) is 0 Å². The van der Waals surface area contributed by atoms with E-state index in [4.69, 9.17) is 9.05 Å². The highest BCUT2D eigenvalue weighted by atomic mass is 32.7. The fourth-order valence-electron chi connectivity index (χ4n) is 3.58. The second-order valence-electron chi connectivity index (χ2n) is 7.92. The maximum absolute atomic E-state index is 13.8. The number of fused-ring (bicyclic) bond motifs is 2. The van der Waals surface area contributed by atoms with Crippen molar-refractivity contribution in [3.8, 4) is 11.5 Å². The Morgan fingerprint density at radius 3 is 2.17 bits per heavy atom. The van der Waals surface area contributed by atoms with Crippen LogP contribution in [0.1, 0.15) is 25.3 Å².